The monoisotopic (exact) mass is 354 g/mol. The third kappa shape index (κ3) is 4.25. The number of benzene rings is 1. The molecule has 1 unspecified atom stereocenters. The van der Waals surface area contributed by atoms with Crippen molar-refractivity contribution in [1.29, 1.82) is 0 Å². The van der Waals surface area contributed by atoms with Gasteiger partial charge in [-0.2, -0.15) is 5.10 Å². The fourth-order valence-corrected chi connectivity index (χ4v) is 2.77. The van der Waals surface area contributed by atoms with Crippen molar-refractivity contribution in [1.82, 2.24) is 15.1 Å². The first-order valence-electron chi connectivity index (χ1n) is 7.47. The number of amides is 1. The molecule has 2 aromatic rings. The zero-order chi connectivity index (χ0) is 15.5. The van der Waals surface area contributed by atoms with Gasteiger partial charge in [-0.3, -0.25) is 9.48 Å². The van der Waals surface area contributed by atoms with Gasteiger partial charge in [0, 0.05) is 23.5 Å². The van der Waals surface area contributed by atoms with E-state index in [-0.39, 0.29) is 18.3 Å². The first-order chi connectivity index (χ1) is 10.6. The first kappa shape index (κ1) is 17.8. The lowest BCUT2D eigenvalue weighted by Gasteiger charge is -2.22. The summed E-state index contributed by atoms with van der Waals surface area (Å²) in [6, 6.07) is 7.53. The normalized spacial score (nSPS) is 17.4. The molecule has 1 atom stereocenters. The topological polar surface area (TPSA) is 59.0 Å². The van der Waals surface area contributed by atoms with Crippen LogP contribution in [0.2, 0.25) is 5.02 Å². The minimum absolute atomic E-state index is 0. The summed E-state index contributed by atoms with van der Waals surface area (Å²) in [5.41, 5.74) is 2.07. The highest BCUT2D eigenvalue weighted by molar-refractivity contribution is 6.31. The lowest BCUT2D eigenvalue weighted by molar-refractivity contribution is 0.102. The molecular formula is C16H20Cl2N4O. The maximum atomic E-state index is 12.3. The van der Waals surface area contributed by atoms with Crippen LogP contribution < -0.4 is 10.6 Å². The van der Waals surface area contributed by atoms with Crippen LogP contribution in [0.15, 0.2) is 30.5 Å². The zero-order valence-electron chi connectivity index (χ0n) is 12.9. The average Bonchev–Trinajstić information content (AvgIpc) is 3.02. The van der Waals surface area contributed by atoms with Gasteiger partial charge in [0.05, 0.1) is 6.04 Å². The molecule has 5 nitrogen and oxygen atoms in total. The number of halogens is 2. The van der Waals surface area contributed by atoms with Crippen LogP contribution in [0.4, 0.5) is 5.69 Å². The molecule has 1 fully saturated rings. The second kappa shape index (κ2) is 7.81. The summed E-state index contributed by atoms with van der Waals surface area (Å²) >= 11 is 6.07. The van der Waals surface area contributed by atoms with E-state index in [0.29, 0.717) is 22.4 Å². The number of rotatable bonds is 3. The van der Waals surface area contributed by atoms with E-state index in [1.165, 1.54) is 0 Å². The predicted octanol–water partition coefficient (Wildman–Crippen LogP) is 3.44. The Morgan fingerprint density at radius 3 is 2.96 bits per heavy atom. The van der Waals surface area contributed by atoms with E-state index in [4.69, 9.17) is 11.6 Å². The van der Waals surface area contributed by atoms with Gasteiger partial charge in [0.25, 0.3) is 5.91 Å². The number of nitrogens with one attached hydrogen (secondary N) is 2. The summed E-state index contributed by atoms with van der Waals surface area (Å²) in [7, 11) is 0. The van der Waals surface area contributed by atoms with Crippen LogP contribution in [-0.4, -0.2) is 28.8 Å². The largest absolute Gasteiger partial charge is 0.321 e. The quantitative estimate of drug-likeness (QED) is 0.887. The SMILES string of the molecule is Cc1ccc(NC(=O)c2ccn(C3CCCNC3)n2)cc1Cl.Cl. The van der Waals surface area contributed by atoms with E-state index in [1.54, 1.807) is 12.1 Å². The van der Waals surface area contributed by atoms with Gasteiger partial charge in [-0.05, 0) is 50.1 Å². The molecule has 23 heavy (non-hydrogen) atoms. The molecule has 1 amide bonds. The third-order valence-electron chi connectivity index (χ3n) is 3.92. The number of carbonyl (C=O) groups excluding carboxylic acids is 1. The van der Waals surface area contributed by atoms with Crippen LogP contribution in [0.5, 0.6) is 0 Å². The number of anilines is 1. The molecule has 0 aliphatic carbocycles. The molecule has 124 valence electrons. The van der Waals surface area contributed by atoms with Gasteiger partial charge in [0.15, 0.2) is 5.69 Å². The maximum absolute atomic E-state index is 12.3. The Morgan fingerprint density at radius 1 is 1.43 bits per heavy atom. The Morgan fingerprint density at radius 2 is 2.26 bits per heavy atom. The number of aryl methyl sites for hydroxylation is 1. The Kier molecular flexibility index (Phi) is 6.04. The van der Waals surface area contributed by atoms with Gasteiger partial charge in [0.1, 0.15) is 0 Å². The molecule has 3 rings (SSSR count). The second-order valence-corrected chi connectivity index (χ2v) is 6.01. The minimum Gasteiger partial charge on any atom is -0.321 e. The molecule has 1 saturated heterocycles. The van der Waals surface area contributed by atoms with Crippen LogP contribution >= 0.6 is 24.0 Å². The molecule has 1 aliphatic heterocycles. The summed E-state index contributed by atoms with van der Waals surface area (Å²) in [6.07, 6.45) is 4.09. The lowest BCUT2D eigenvalue weighted by Crippen LogP contribution is -2.32. The number of nitrogens with zero attached hydrogens (tertiary/aromatic N) is 2. The number of hydrogen-bond acceptors (Lipinski definition) is 3. The van der Waals surface area contributed by atoms with Gasteiger partial charge >= 0.3 is 0 Å². The Bertz CT molecular complexity index is 680. The van der Waals surface area contributed by atoms with E-state index in [2.05, 4.69) is 15.7 Å². The van der Waals surface area contributed by atoms with Crippen LogP contribution in [0, 0.1) is 6.92 Å². The highest BCUT2D eigenvalue weighted by atomic mass is 35.5. The first-order valence-corrected chi connectivity index (χ1v) is 7.84. The fourth-order valence-electron chi connectivity index (χ4n) is 2.59. The van der Waals surface area contributed by atoms with Crippen molar-refractivity contribution in [2.75, 3.05) is 18.4 Å². The Hall–Kier alpha value is -1.56. The van der Waals surface area contributed by atoms with Crippen LogP contribution in [0.3, 0.4) is 0 Å². The summed E-state index contributed by atoms with van der Waals surface area (Å²) < 4.78 is 1.88. The van der Waals surface area contributed by atoms with Gasteiger partial charge < -0.3 is 10.6 Å². The van der Waals surface area contributed by atoms with Crippen molar-refractivity contribution in [2.45, 2.75) is 25.8 Å². The number of hydrogen-bond donors (Lipinski definition) is 2. The van der Waals surface area contributed by atoms with E-state index in [9.17, 15) is 4.79 Å². The molecule has 1 aromatic heterocycles. The van der Waals surface area contributed by atoms with Gasteiger partial charge in [0.2, 0.25) is 0 Å². The molecule has 0 spiro atoms. The van der Waals surface area contributed by atoms with Crippen LogP contribution in [0.1, 0.15) is 34.9 Å². The number of carbonyl (C=O) groups is 1. The second-order valence-electron chi connectivity index (χ2n) is 5.60. The van der Waals surface area contributed by atoms with Crippen molar-refractivity contribution >= 4 is 35.6 Å². The molecule has 1 aliphatic rings. The van der Waals surface area contributed by atoms with Crippen LogP contribution in [-0.2, 0) is 0 Å². The van der Waals surface area contributed by atoms with Gasteiger partial charge in [-0.15, -0.1) is 12.4 Å². The van der Waals surface area contributed by atoms with E-state index < -0.39 is 0 Å². The van der Waals surface area contributed by atoms with Gasteiger partial charge in [-0.1, -0.05) is 17.7 Å². The minimum atomic E-state index is -0.220. The molecule has 0 radical (unpaired) electrons. The van der Waals surface area contributed by atoms with E-state index in [0.717, 1.165) is 31.5 Å². The average molecular weight is 355 g/mol. The van der Waals surface area contributed by atoms with Crippen molar-refractivity contribution in [3.8, 4) is 0 Å². The fraction of sp³-hybridized carbons (Fsp3) is 0.375. The van der Waals surface area contributed by atoms with Crippen molar-refractivity contribution in [2.24, 2.45) is 0 Å². The smallest absolute Gasteiger partial charge is 0.276 e. The molecule has 2 N–H and O–H groups in total. The molecule has 0 bridgehead atoms. The molecular weight excluding hydrogens is 335 g/mol. The van der Waals surface area contributed by atoms with Crippen LogP contribution in [0.25, 0.3) is 0 Å². The van der Waals surface area contributed by atoms with Crippen molar-refractivity contribution in [3.63, 3.8) is 0 Å². The summed E-state index contributed by atoms with van der Waals surface area (Å²) in [5, 5.41) is 11.2. The van der Waals surface area contributed by atoms with Crippen molar-refractivity contribution in [3.05, 3.63) is 46.7 Å². The van der Waals surface area contributed by atoms with Gasteiger partial charge in [-0.25, -0.2) is 0 Å². The highest BCUT2D eigenvalue weighted by Crippen LogP contribution is 2.21. The number of piperidine rings is 1. The Labute approximate surface area is 146 Å². The number of aromatic nitrogens is 2. The van der Waals surface area contributed by atoms with Crippen molar-refractivity contribution < 1.29 is 4.79 Å². The Balaban J connectivity index is 0.00000192. The summed E-state index contributed by atoms with van der Waals surface area (Å²) in [4.78, 5) is 12.3. The summed E-state index contributed by atoms with van der Waals surface area (Å²) in [5.74, 6) is -0.220. The third-order valence-corrected chi connectivity index (χ3v) is 4.32. The summed E-state index contributed by atoms with van der Waals surface area (Å²) in [6.45, 7) is 3.88. The molecule has 7 heteroatoms. The zero-order valence-corrected chi connectivity index (χ0v) is 14.5. The molecule has 0 saturated carbocycles. The lowest BCUT2D eigenvalue weighted by atomic mass is 10.1. The van der Waals surface area contributed by atoms with E-state index >= 15 is 0 Å². The molecule has 2 heterocycles. The maximum Gasteiger partial charge on any atom is 0.276 e. The predicted molar refractivity (Wildman–Crippen MR) is 94.8 cm³/mol. The van der Waals surface area contributed by atoms with E-state index in [1.807, 2.05) is 29.9 Å². The standard InChI is InChI=1S/C16H19ClN4O.ClH/c1-11-4-5-12(9-14(11)17)19-16(22)15-6-8-21(20-15)13-3-2-7-18-10-13;/h4-6,8-9,13,18H,2-3,7,10H2,1H3,(H,19,22);1H. The molecule has 1 aromatic carbocycles. The highest BCUT2D eigenvalue weighted by Gasteiger charge is 2.17.